The van der Waals surface area contributed by atoms with Gasteiger partial charge in [-0.3, -0.25) is 9.59 Å². The molecule has 5 heteroatoms. The number of amides is 1. The van der Waals surface area contributed by atoms with Gasteiger partial charge in [0.25, 0.3) is 5.91 Å². The quantitative estimate of drug-likeness (QED) is 0.711. The van der Waals surface area contributed by atoms with E-state index in [1.165, 1.54) is 7.11 Å². The Hall–Kier alpha value is -2.04. The summed E-state index contributed by atoms with van der Waals surface area (Å²) < 4.78 is 10.1. The van der Waals surface area contributed by atoms with E-state index in [0.717, 1.165) is 12.8 Å². The predicted molar refractivity (Wildman–Crippen MR) is 73.3 cm³/mol. The first-order valence-electron chi connectivity index (χ1n) is 6.75. The number of rotatable bonds is 7. The molecule has 108 valence electrons. The molecule has 5 nitrogen and oxygen atoms in total. The monoisotopic (exact) mass is 277 g/mol. The summed E-state index contributed by atoms with van der Waals surface area (Å²) in [6, 6.07) is 9.48. The molecule has 0 unspecified atom stereocenters. The first-order chi connectivity index (χ1) is 9.70. The molecule has 1 fully saturated rings. The fraction of sp³-hybridized carbons (Fsp3) is 0.467. The fourth-order valence-electron chi connectivity index (χ4n) is 1.96. The zero-order chi connectivity index (χ0) is 14.4. The third-order valence-electron chi connectivity index (χ3n) is 3.20. The smallest absolute Gasteiger partial charge is 0.307 e. The van der Waals surface area contributed by atoms with Gasteiger partial charge in [-0.25, -0.2) is 0 Å². The van der Waals surface area contributed by atoms with Crippen molar-refractivity contribution in [2.45, 2.75) is 25.3 Å². The lowest BCUT2D eigenvalue weighted by atomic mass is 10.3. The lowest BCUT2D eigenvalue weighted by Crippen LogP contribution is -2.38. The molecule has 0 atom stereocenters. The number of ether oxygens (including phenoxy) is 2. The molecule has 0 spiro atoms. The minimum absolute atomic E-state index is 0.00167. The summed E-state index contributed by atoms with van der Waals surface area (Å²) in [5.74, 6) is 0.289. The Kier molecular flexibility index (Phi) is 4.98. The summed E-state index contributed by atoms with van der Waals surface area (Å²) in [6.07, 6.45) is 2.22. The van der Waals surface area contributed by atoms with Crippen LogP contribution in [-0.4, -0.2) is 43.1 Å². The Morgan fingerprint density at radius 1 is 1.25 bits per heavy atom. The van der Waals surface area contributed by atoms with Gasteiger partial charge in [0.1, 0.15) is 5.75 Å². The zero-order valence-electron chi connectivity index (χ0n) is 11.6. The number of carbonyl (C=O) groups is 2. The fourth-order valence-corrected chi connectivity index (χ4v) is 1.96. The topological polar surface area (TPSA) is 55.8 Å². The van der Waals surface area contributed by atoms with Crippen LogP contribution in [0.3, 0.4) is 0 Å². The van der Waals surface area contributed by atoms with Gasteiger partial charge in [-0.05, 0) is 25.0 Å². The van der Waals surface area contributed by atoms with E-state index >= 15 is 0 Å². The van der Waals surface area contributed by atoms with Gasteiger partial charge < -0.3 is 14.4 Å². The van der Waals surface area contributed by atoms with Gasteiger partial charge in [0.15, 0.2) is 6.61 Å². The van der Waals surface area contributed by atoms with Gasteiger partial charge in [-0.15, -0.1) is 0 Å². The largest absolute Gasteiger partial charge is 0.484 e. The lowest BCUT2D eigenvalue weighted by Gasteiger charge is -2.22. The Morgan fingerprint density at radius 3 is 2.55 bits per heavy atom. The van der Waals surface area contributed by atoms with E-state index in [2.05, 4.69) is 4.74 Å². The van der Waals surface area contributed by atoms with Crippen molar-refractivity contribution in [2.75, 3.05) is 20.3 Å². The summed E-state index contributed by atoms with van der Waals surface area (Å²) >= 11 is 0. The van der Waals surface area contributed by atoms with Crippen LogP contribution in [0.4, 0.5) is 0 Å². The SMILES string of the molecule is COC(=O)CCN(C(=O)COc1ccccc1)C1CC1. The molecule has 2 rings (SSSR count). The van der Waals surface area contributed by atoms with Crippen molar-refractivity contribution < 1.29 is 19.1 Å². The second kappa shape index (κ2) is 6.93. The van der Waals surface area contributed by atoms with Crippen LogP contribution in [-0.2, 0) is 14.3 Å². The van der Waals surface area contributed by atoms with Gasteiger partial charge in [-0.1, -0.05) is 18.2 Å². The lowest BCUT2D eigenvalue weighted by molar-refractivity contribution is -0.142. The highest BCUT2D eigenvalue weighted by molar-refractivity contribution is 5.79. The molecule has 1 saturated carbocycles. The summed E-state index contributed by atoms with van der Waals surface area (Å²) in [6.45, 7) is 0.399. The number of esters is 1. The molecule has 1 aliphatic carbocycles. The first-order valence-corrected chi connectivity index (χ1v) is 6.75. The van der Waals surface area contributed by atoms with Crippen LogP contribution in [0.5, 0.6) is 5.75 Å². The molecule has 0 aromatic heterocycles. The second-order valence-electron chi connectivity index (χ2n) is 4.75. The van der Waals surface area contributed by atoms with Crippen molar-refractivity contribution in [1.82, 2.24) is 4.90 Å². The summed E-state index contributed by atoms with van der Waals surface area (Å²) in [7, 11) is 1.35. The normalized spacial score (nSPS) is 13.7. The number of nitrogens with zero attached hydrogens (tertiary/aromatic N) is 1. The highest BCUT2D eigenvalue weighted by Gasteiger charge is 2.32. The molecule has 1 amide bonds. The van der Waals surface area contributed by atoms with E-state index in [1.54, 1.807) is 4.90 Å². The van der Waals surface area contributed by atoms with Crippen molar-refractivity contribution in [1.29, 1.82) is 0 Å². The van der Waals surface area contributed by atoms with E-state index in [4.69, 9.17) is 4.74 Å². The minimum atomic E-state index is -0.299. The van der Waals surface area contributed by atoms with Crippen LogP contribution in [0.15, 0.2) is 30.3 Å². The molecule has 0 bridgehead atoms. The number of benzene rings is 1. The molecular weight excluding hydrogens is 258 g/mol. The average Bonchev–Trinajstić information content (AvgIpc) is 3.31. The standard InChI is InChI=1S/C15H19NO4/c1-19-15(18)9-10-16(12-7-8-12)14(17)11-20-13-5-3-2-4-6-13/h2-6,12H,7-11H2,1H3. The number of para-hydroxylation sites is 1. The van der Waals surface area contributed by atoms with Crippen molar-refractivity contribution >= 4 is 11.9 Å². The van der Waals surface area contributed by atoms with Gasteiger partial charge in [-0.2, -0.15) is 0 Å². The molecule has 0 saturated heterocycles. The Bertz CT molecular complexity index is 456. The Labute approximate surface area is 118 Å². The second-order valence-corrected chi connectivity index (χ2v) is 4.75. The molecule has 20 heavy (non-hydrogen) atoms. The minimum Gasteiger partial charge on any atom is -0.484 e. The van der Waals surface area contributed by atoms with E-state index < -0.39 is 0 Å². The first kappa shape index (κ1) is 14.4. The van der Waals surface area contributed by atoms with E-state index in [9.17, 15) is 9.59 Å². The number of methoxy groups -OCH3 is 1. The highest BCUT2D eigenvalue weighted by Crippen LogP contribution is 2.27. The van der Waals surface area contributed by atoms with Crippen LogP contribution in [0.2, 0.25) is 0 Å². The van der Waals surface area contributed by atoms with Crippen LogP contribution >= 0.6 is 0 Å². The molecular formula is C15H19NO4. The van der Waals surface area contributed by atoms with Gasteiger partial charge in [0.05, 0.1) is 13.5 Å². The van der Waals surface area contributed by atoms with Crippen molar-refractivity contribution in [3.8, 4) is 5.75 Å². The third kappa shape index (κ3) is 4.26. The number of carbonyl (C=O) groups excluding carboxylic acids is 2. The van der Waals surface area contributed by atoms with Crippen molar-refractivity contribution in [3.05, 3.63) is 30.3 Å². The van der Waals surface area contributed by atoms with Crippen molar-refractivity contribution in [3.63, 3.8) is 0 Å². The summed E-state index contributed by atoms with van der Waals surface area (Å²) in [4.78, 5) is 25.0. The number of hydrogen-bond donors (Lipinski definition) is 0. The van der Waals surface area contributed by atoms with Crippen LogP contribution in [0.25, 0.3) is 0 Å². The molecule has 1 aromatic carbocycles. The molecule has 0 N–H and O–H groups in total. The average molecular weight is 277 g/mol. The number of hydrogen-bond acceptors (Lipinski definition) is 4. The van der Waals surface area contributed by atoms with E-state index in [1.807, 2.05) is 30.3 Å². The molecule has 1 aromatic rings. The van der Waals surface area contributed by atoms with Gasteiger partial charge >= 0.3 is 5.97 Å². The molecule has 0 aliphatic heterocycles. The zero-order valence-corrected chi connectivity index (χ0v) is 11.6. The predicted octanol–water partition coefficient (Wildman–Crippen LogP) is 1.62. The van der Waals surface area contributed by atoms with Crippen molar-refractivity contribution in [2.24, 2.45) is 0 Å². The highest BCUT2D eigenvalue weighted by atomic mass is 16.5. The third-order valence-corrected chi connectivity index (χ3v) is 3.20. The van der Waals surface area contributed by atoms with Crippen LogP contribution in [0, 0.1) is 0 Å². The van der Waals surface area contributed by atoms with E-state index in [-0.39, 0.29) is 30.9 Å². The molecule has 0 heterocycles. The Morgan fingerprint density at radius 2 is 1.95 bits per heavy atom. The van der Waals surface area contributed by atoms with Crippen LogP contribution < -0.4 is 4.74 Å². The maximum Gasteiger partial charge on any atom is 0.307 e. The summed E-state index contributed by atoms with van der Waals surface area (Å²) in [5.41, 5.74) is 0. The maximum absolute atomic E-state index is 12.1. The summed E-state index contributed by atoms with van der Waals surface area (Å²) in [5, 5.41) is 0. The maximum atomic E-state index is 12.1. The van der Waals surface area contributed by atoms with E-state index in [0.29, 0.717) is 12.3 Å². The molecule has 0 radical (unpaired) electrons. The van der Waals surface area contributed by atoms with Crippen LogP contribution in [0.1, 0.15) is 19.3 Å². The van der Waals surface area contributed by atoms with Gasteiger partial charge in [0, 0.05) is 12.6 Å². The molecule has 1 aliphatic rings. The van der Waals surface area contributed by atoms with Gasteiger partial charge in [0.2, 0.25) is 0 Å². The Balaban J connectivity index is 1.82.